The van der Waals surface area contributed by atoms with Gasteiger partial charge in [-0.15, -0.1) is 0 Å². The maximum Gasteiger partial charge on any atom is 0.307 e. The van der Waals surface area contributed by atoms with Gasteiger partial charge >= 0.3 is 5.97 Å². The highest BCUT2D eigenvalue weighted by Gasteiger charge is 2.27. The molecule has 7 heteroatoms. The molecule has 2 aliphatic carbocycles. The van der Waals surface area contributed by atoms with Crippen LogP contribution in [0.4, 0.5) is 0 Å². The number of carbonyl (C=O) groups is 1. The second-order valence-electron chi connectivity index (χ2n) is 11.1. The summed E-state index contributed by atoms with van der Waals surface area (Å²) in [7, 11) is 1.79. The van der Waals surface area contributed by atoms with Gasteiger partial charge in [0.2, 0.25) is 5.89 Å². The number of esters is 1. The summed E-state index contributed by atoms with van der Waals surface area (Å²) >= 11 is 0. The third-order valence-electron chi connectivity index (χ3n) is 7.11. The molecule has 0 aliphatic heterocycles. The lowest BCUT2D eigenvalue weighted by Crippen LogP contribution is -2.34. The van der Waals surface area contributed by atoms with Gasteiger partial charge in [0.05, 0.1) is 19.1 Å². The van der Waals surface area contributed by atoms with Gasteiger partial charge in [-0.25, -0.2) is 0 Å². The average molecular weight is 464 g/mol. The topological polar surface area (TPSA) is 86.5 Å². The van der Waals surface area contributed by atoms with E-state index in [0.717, 1.165) is 44.4 Å². The molecule has 1 aromatic heterocycles. The molecule has 2 fully saturated rings. The summed E-state index contributed by atoms with van der Waals surface area (Å²) < 4.78 is 16.7. The molecule has 0 bridgehead atoms. The van der Waals surface area contributed by atoms with Crippen LogP contribution in [-0.2, 0) is 20.8 Å². The minimum absolute atomic E-state index is 0.0816. The van der Waals surface area contributed by atoms with Crippen LogP contribution in [0.5, 0.6) is 0 Å². The van der Waals surface area contributed by atoms with Crippen molar-refractivity contribution >= 4 is 5.97 Å². The smallest absolute Gasteiger partial charge is 0.307 e. The van der Waals surface area contributed by atoms with Crippen molar-refractivity contribution in [2.45, 2.75) is 134 Å². The SMILES string of the molecule is COC1CCC(NCc2noc([C@H](CCCC3CCCCC3)CC(=O)OC(C)(C)C)n2)CC1. The maximum atomic E-state index is 12.6. The summed E-state index contributed by atoms with van der Waals surface area (Å²) in [6.45, 7) is 6.30. The normalized spacial score (nSPS) is 23.4. The molecule has 33 heavy (non-hydrogen) atoms. The predicted octanol–water partition coefficient (Wildman–Crippen LogP) is 5.68. The molecule has 0 unspecified atom stereocenters. The van der Waals surface area contributed by atoms with E-state index >= 15 is 0 Å². The van der Waals surface area contributed by atoms with E-state index in [4.69, 9.17) is 14.0 Å². The zero-order valence-corrected chi connectivity index (χ0v) is 21.2. The summed E-state index contributed by atoms with van der Waals surface area (Å²) in [6, 6.07) is 0.464. The molecule has 1 aromatic rings. The van der Waals surface area contributed by atoms with E-state index in [1.807, 2.05) is 20.8 Å². The molecule has 2 aliphatic rings. The first kappa shape index (κ1) is 26.1. The highest BCUT2D eigenvalue weighted by molar-refractivity contribution is 5.70. The first-order valence-corrected chi connectivity index (χ1v) is 13.1. The largest absolute Gasteiger partial charge is 0.460 e. The molecule has 0 aromatic carbocycles. The van der Waals surface area contributed by atoms with E-state index < -0.39 is 5.60 Å². The molecular weight excluding hydrogens is 418 g/mol. The molecule has 0 radical (unpaired) electrons. The lowest BCUT2D eigenvalue weighted by atomic mass is 9.84. The van der Waals surface area contributed by atoms with Gasteiger partial charge in [-0.1, -0.05) is 50.1 Å². The third kappa shape index (κ3) is 9.36. The lowest BCUT2D eigenvalue weighted by molar-refractivity contribution is -0.155. The number of rotatable bonds is 11. The van der Waals surface area contributed by atoms with Gasteiger partial charge in [0.1, 0.15) is 5.60 Å². The molecule has 2 saturated carbocycles. The number of hydrogen-bond acceptors (Lipinski definition) is 7. The van der Waals surface area contributed by atoms with Gasteiger partial charge in [-0.3, -0.25) is 4.79 Å². The van der Waals surface area contributed by atoms with Crippen molar-refractivity contribution in [2.75, 3.05) is 7.11 Å². The first-order chi connectivity index (χ1) is 15.8. The van der Waals surface area contributed by atoms with E-state index in [1.165, 1.54) is 38.5 Å². The van der Waals surface area contributed by atoms with Crippen molar-refractivity contribution in [3.8, 4) is 0 Å². The number of hydrogen-bond donors (Lipinski definition) is 1. The minimum atomic E-state index is -0.491. The lowest BCUT2D eigenvalue weighted by Gasteiger charge is -2.27. The highest BCUT2D eigenvalue weighted by atomic mass is 16.6. The van der Waals surface area contributed by atoms with Crippen molar-refractivity contribution in [1.82, 2.24) is 15.5 Å². The van der Waals surface area contributed by atoms with Crippen LogP contribution in [0.2, 0.25) is 0 Å². The Labute approximate surface area is 199 Å². The zero-order valence-electron chi connectivity index (χ0n) is 21.2. The molecule has 3 rings (SSSR count). The Morgan fingerprint density at radius 2 is 1.85 bits per heavy atom. The molecule has 1 heterocycles. The monoisotopic (exact) mass is 463 g/mol. The second kappa shape index (κ2) is 12.8. The highest BCUT2D eigenvalue weighted by Crippen LogP contribution is 2.31. The minimum Gasteiger partial charge on any atom is -0.460 e. The van der Waals surface area contributed by atoms with Crippen LogP contribution < -0.4 is 5.32 Å². The molecule has 0 saturated heterocycles. The Bertz CT molecular complexity index is 701. The van der Waals surface area contributed by atoms with Crippen molar-refractivity contribution in [3.05, 3.63) is 11.7 Å². The third-order valence-corrected chi connectivity index (χ3v) is 7.11. The Morgan fingerprint density at radius 3 is 2.52 bits per heavy atom. The van der Waals surface area contributed by atoms with Crippen LogP contribution in [0.25, 0.3) is 0 Å². The summed E-state index contributed by atoms with van der Waals surface area (Å²) in [5.74, 6) is 1.79. The Hall–Kier alpha value is -1.47. The summed E-state index contributed by atoms with van der Waals surface area (Å²) in [6.07, 6.45) is 15.0. The molecule has 0 spiro atoms. The summed E-state index contributed by atoms with van der Waals surface area (Å²) in [4.78, 5) is 17.2. The number of nitrogens with one attached hydrogen (secondary N) is 1. The van der Waals surface area contributed by atoms with Crippen LogP contribution >= 0.6 is 0 Å². The molecule has 7 nitrogen and oxygen atoms in total. The Kier molecular flexibility index (Phi) is 10.2. The van der Waals surface area contributed by atoms with Gasteiger partial charge in [-0.2, -0.15) is 4.98 Å². The van der Waals surface area contributed by atoms with E-state index in [9.17, 15) is 4.79 Å². The van der Waals surface area contributed by atoms with Crippen molar-refractivity contribution in [3.63, 3.8) is 0 Å². The van der Waals surface area contributed by atoms with E-state index in [2.05, 4.69) is 15.5 Å². The van der Waals surface area contributed by atoms with E-state index in [0.29, 0.717) is 30.4 Å². The second-order valence-corrected chi connectivity index (χ2v) is 11.1. The van der Waals surface area contributed by atoms with Crippen molar-refractivity contribution < 1.29 is 18.8 Å². The molecule has 0 amide bonds. The molecular formula is C26H45N3O4. The van der Waals surface area contributed by atoms with Gasteiger partial charge in [0, 0.05) is 19.1 Å². The fourth-order valence-corrected chi connectivity index (χ4v) is 5.27. The molecule has 188 valence electrons. The van der Waals surface area contributed by atoms with Crippen molar-refractivity contribution in [2.24, 2.45) is 5.92 Å². The fourth-order valence-electron chi connectivity index (χ4n) is 5.27. The summed E-state index contributed by atoms with van der Waals surface area (Å²) in [5, 5.41) is 7.77. The standard InChI is InChI=1S/C26H45N3O4/c1-26(2,3)32-24(30)17-20(12-8-11-19-9-6-5-7-10-19)25-28-23(29-33-25)18-27-21-13-15-22(31-4)16-14-21/h19-22,27H,5-18H2,1-4H3/t20-,21?,22?/m1/s1. The quantitative estimate of drug-likeness (QED) is 0.422. The number of carbonyl (C=O) groups excluding carboxylic acids is 1. The van der Waals surface area contributed by atoms with Crippen LogP contribution in [0, 0.1) is 5.92 Å². The van der Waals surface area contributed by atoms with Crippen LogP contribution in [0.1, 0.15) is 122 Å². The maximum absolute atomic E-state index is 12.6. The number of methoxy groups -OCH3 is 1. The number of ether oxygens (including phenoxy) is 2. The van der Waals surface area contributed by atoms with Gasteiger partial charge in [-0.05, 0) is 58.8 Å². The van der Waals surface area contributed by atoms with Gasteiger partial charge in [0.25, 0.3) is 0 Å². The number of nitrogens with zero attached hydrogens (tertiary/aromatic N) is 2. The van der Waals surface area contributed by atoms with Gasteiger partial charge < -0.3 is 19.3 Å². The number of aromatic nitrogens is 2. The Morgan fingerprint density at radius 1 is 1.12 bits per heavy atom. The van der Waals surface area contributed by atoms with E-state index in [1.54, 1.807) is 7.11 Å². The van der Waals surface area contributed by atoms with Crippen LogP contribution in [0.3, 0.4) is 0 Å². The summed E-state index contributed by atoms with van der Waals surface area (Å²) in [5.41, 5.74) is -0.491. The molecule has 1 atom stereocenters. The first-order valence-electron chi connectivity index (χ1n) is 13.1. The molecule has 1 N–H and O–H groups in total. The van der Waals surface area contributed by atoms with E-state index in [-0.39, 0.29) is 18.3 Å². The van der Waals surface area contributed by atoms with Crippen LogP contribution in [-0.4, -0.2) is 41.0 Å². The average Bonchev–Trinajstić information content (AvgIpc) is 3.26. The predicted molar refractivity (Wildman–Crippen MR) is 128 cm³/mol. The van der Waals surface area contributed by atoms with Crippen molar-refractivity contribution in [1.29, 1.82) is 0 Å². The van der Waals surface area contributed by atoms with Crippen LogP contribution in [0.15, 0.2) is 4.52 Å². The Balaban J connectivity index is 1.53. The zero-order chi connectivity index (χ0) is 23.7. The van der Waals surface area contributed by atoms with Gasteiger partial charge in [0.15, 0.2) is 5.82 Å². The fraction of sp³-hybridized carbons (Fsp3) is 0.885.